The van der Waals surface area contributed by atoms with Crippen molar-refractivity contribution >= 4 is 6.08 Å². The highest BCUT2D eigenvalue weighted by Crippen LogP contribution is 2.23. The molecule has 0 aliphatic heterocycles. The second-order valence-electron chi connectivity index (χ2n) is 4.75. The van der Waals surface area contributed by atoms with Gasteiger partial charge in [-0.1, -0.05) is 82.0 Å². The summed E-state index contributed by atoms with van der Waals surface area (Å²) in [5.74, 6) is 0. The Balaban J connectivity index is 0.00000180. The summed E-state index contributed by atoms with van der Waals surface area (Å²) in [6.07, 6.45) is 5.49. The molecule has 0 aliphatic carbocycles. The van der Waals surface area contributed by atoms with Crippen molar-refractivity contribution in [3.8, 4) is 11.1 Å². The lowest BCUT2D eigenvalue weighted by Gasteiger charge is -2.07. The van der Waals surface area contributed by atoms with E-state index in [2.05, 4.69) is 75.4 Å². The first-order chi connectivity index (χ1) is 8.70. The maximum absolute atomic E-state index is 2.27. The zero-order chi connectivity index (χ0) is 13.0. The molecule has 0 nitrogen and oxygen atoms in total. The summed E-state index contributed by atoms with van der Waals surface area (Å²) in [5, 5.41) is 0. The lowest BCUT2D eigenvalue weighted by molar-refractivity contribution is 1.23. The topological polar surface area (TPSA) is 0 Å². The van der Waals surface area contributed by atoms with Crippen LogP contribution < -0.4 is 0 Å². The summed E-state index contributed by atoms with van der Waals surface area (Å²) < 4.78 is 0. The third-order valence-corrected chi connectivity index (χ3v) is 3.15. The summed E-state index contributed by atoms with van der Waals surface area (Å²) >= 11 is 0. The van der Waals surface area contributed by atoms with Gasteiger partial charge < -0.3 is 0 Å². The van der Waals surface area contributed by atoms with E-state index in [-0.39, 0.29) is 14.9 Å². The van der Waals surface area contributed by atoms with Crippen LogP contribution in [0, 0.1) is 13.8 Å². The minimum Gasteiger partial charge on any atom is -0.0842 e. The van der Waals surface area contributed by atoms with Crippen molar-refractivity contribution in [1.29, 1.82) is 0 Å². The van der Waals surface area contributed by atoms with Gasteiger partial charge in [-0.05, 0) is 42.5 Å². The van der Waals surface area contributed by atoms with Crippen LogP contribution >= 0.6 is 0 Å². The molecule has 0 unspecified atom stereocenters. The molecule has 0 atom stereocenters. The van der Waals surface area contributed by atoms with Gasteiger partial charge in [-0.15, -0.1) is 0 Å². The molecule has 2 aromatic rings. The molecule has 108 valence electrons. The number of allylic oxidation sites excluding steroid dienone is 1. The Kier molecular flexibility index (Phi) is 7.61. The molecule has 20 heavy (non-hydrogen) atoms. The molecular formula is C20H28. The third kappa shape index (κ3) is 4.38. The van der Waals surface area contributed by atoms with E-state index in [9.17, 15) is 0 Å². The third-order valence-electron chi connectivity index (χ3n) is 3.15. The minimum absolute atomic E-state index is 0. The van der Waals surface area contributed by atoms with Crippen molar-refractivity contribution in [1.82, 2.24) is 0 Å². The standard InChI is InChI=1S/C18H20.2CH4/c1-4-5-8-16-10-11-18(13-15(16)3)17-9-6-7-14(2)12-17;;/h5-13H,4H2,1-3H3;2*1H4/b8-5-;;. The summed E-state index contributed by atoms with van der Waals surface area (Å²) in [6.45, 7) is 6.47. The predicted octanol–water partition coefficient (Wildman–Crippen LogP) is 6.67. The molecule has 0 amide bonds. The fourth-order valence-electron chi connectivity index (χ4n) is 2.11. The average molecular weight is 268 g/mol. The van der Waals surface area contributed by atoms with Crippen LogP contribution in [-0.4, -0.2) is 0 Å². The molecule has 0 aliphatic rings. The van der Waals surface area contributed by atoms with E-state index >= 15 is 0 Å². The number of hydrogen-bond acceptors (Lipinski definition) is 0. The van der Waals surface area contributed by atoms with Crippen LogP contribution in [0.15, 0.2) is 48.5 Å². The van der Waals surface area contributed by atoms with E-state index in [4.69, 9.17) is 0 Å². The van der Waals surface area contributed by atoms with Crippen molar-refractivity contribution < 1.29 is 0 Å². The van der Waals surface area contributed by atoms with Gasteiger partial charge in [-0.3, -0.25) is 0 Å². The predicted molar refractivity (Wildman–Crippen MR) is 94.1 cm³/mol. The van der Waals surface area contributed by atoms with E-state index < -0.39 is 0 Å². The molecule has 2 rings (SSSR count). The fraction of sp³-hybridized carbons (Fsp3) is 0.300. The lowest BCUT2D eigenvalue weighted by atomic mass is 9.98. The summed E-state index contributed by atoms with van der Waals surface area (Å²) in [7, 11) is 0. The Hall–Kier alpha value is -1.82. The van der Waals surface area contributed by atoms with Gasteiger partial charge in [0.2, 0.25) is 0 Å². The molecule has 2 aromatic carbocycles. The Morgan fingerprint density at radius 2 is 1.60 bits per heavy atom. The Labute approximate surface area is 125 Å². The van der Waals surface area contributed by atoms with Gasteiger partial charge in [0, 0.05) is 0 Å². The highest BCUT2D eigenvalue weighted by molar-refractivity contribution is 5.68. The highest BCUT2D eigenvalue weighted by atomic mass is 14.1. The molecule has 0 saturated heterocycles. The van der Waals surface area contributed by atoms with E-state index in [1.165, 1.54) is 27.8 Å². The Morgan fingerprint density at radius 3 is 2.20 bits per heavy atom. The molecule has 0 heterocycles. The second kappa shape index (κ2) is 8.37. The van der Waals surface area contributed by atoms with Crippen LogP contribution in [0.25, 0.3) is 17.2 Å². The highest BCUT2D eigenvalue weighted by Gasteiger charge is 2.00. The van der Waals surface area contributed by atoms with Crippen LogP contribution in [0.1, 0.15) is 44.9 Å². The molecule has 0 radical (unpaired) electrons. The number of rotatable bonds is 3. The van der Waals surface area contributed by atoms with E-state index in [1.54, 1.807) is 0 Å². The zero-order valence-electron chi connectivity index (χ0n) is 11.4. The van der Waals surface area contributed by atoms with Crippen molar-refractivity contribution in [2.75, 3.05) is 0 Å². The SMILES string of the molecule is C.C.CC/C=C\c1ccc(-c2cccc(C)c2)cc1C. The average Bonchev–Trinajstić information content (AvgIpc) is 2.37. The quantitative estimate of drug-likeness (QED) is 0.583. The number of hydrogen-bond donors (Lipinski definition) is 0. The molecule has 0 bridgehead atoms. The van der Waals surface area contributed by atoms with Gasteiger partial charge in [0.15, 0.2) is 0 Å². The van der Waals surface area contributed by atoms with E-state index in [0.717, 1.165) is 6.42 Å². The van der Waals surface area contributed by atoms with Gasteiger partial charge in [0.05, 0.1) is 0 Å². The van der Waals surface area contributed by atoms with Crippen LogP contribution in [-0.2, 0) is 0 Å². The largest absolute Gasteiger partial charge is 0.0842 e. The van der Waals surface area contributed by atoms with Crippen LogP contribution in [0.4, 0.5) is 0 Å². The fourth-order valence-corrected chi connectivity index (χ4v) is 2.11. The van der Waals surface area contributed by atoms with Gasteiger partial charge >= 0.3 is 0 Å². The van der Waals surface area contributed by atoms with Crippen LogP contribution in [0.2, 0.25) is 0 Å². The molecule has 0 spiro atoms. The summed E-state index contributed by atoms with van der Waals surface area (Å²) in [5.41, 5.74) is 6.54. The minimum atomic E-state index is 0. The molecule has 0 heteroatoms. The first-order valence-electron chi connectivity index (χ1n) is 6.55. The van der Waals surface area contributed by atoms with Crippen LogP contribution in [0.3, 0.4) is 0 Å². The normalized spacial score (nSPS) is 9.95. The molecular weight excluding hydrogens is 240 g/mol. The van der Waals surface area contributed by atoms with E-state index in [0.29, 0.717) is 0 Å². The smallest absolute Gasteiger partial charge is 0.0181 e. The first kappa shape index (κ1) is 18.2. The Bertz CT molecular complexity index is 562. The van der Waals surface area contributed by atoms with Gasteiger partial charge in [-0.25, -0.2) is 0 Å². The van der Waals surface area contributed by atoms with Crippen molar-refractivity contribution in [3.63, 3.8) is 0 Å². The second-order valence-corrected chi connectivity index (χ2v) is 4.75. The van der Waals surface area contributed by atoms with Crippen molar-refractivity contribution in [2.45, 2.75) is 42.0 Å². The molecule has 0 aromatic heterocycles. The van der Waals surface area contributed by atoms with E-state index in [1.807, 2.05) is 0 Å². The number of benzene rings is 2. The van der Waals surface area contributed by atoms with Gasteiger partial charge in [0.25, 0.3) is 0 Å². The van der Waals surface area contributed by atoms with Crippen molar-refractivity contribution in [3.05, 3.63) is 65.2 Å². The van der Waals surface area contributed by atoms with Gasteiger partial charge in [-0.2, -0.15) is 0 Å². The monoisotopic (exact) mass is 268 g/mol. The Morgan fingerprint density at radius 1 is 0.900 bits per heavy atom. The maximum Gasteiger partial charge on any atom is -0.0181 e. The molecule has 0 fully saturated rings. The molecule has 0 N–H and O–H groups in total. The summed E-state index contributed by atoms with van der Waals surface area (Å²) in [6, 6.07) is 15.3. The van der Waals surface area contributed by atoms with Crippen LogP contribution in [0.5, 0.6) is 0 Å². The zero-order valence-corrected chi connectivity index (χ0v) is 11.4. The number of aryl methyl sites for hydroxylation is 2. The summed E-state index contributed by atoms with van der Waals surface area (Å²) in [4.78, 5) is 0. The lowest BCUT2D eigenvalue weighted by Crippen LogP contribution is -1.84. The maximum atomic E-state index is 2.27. The van der Waals surface area contributed by atoms with Gasteiger partial charge in [0.1, 0.15) is 0 Å². The van der Waals surface area contributed by atoms with Crippen molar-refractivity contribution in [2.24, 2.45) is 0 Å². The molecule has 0 saturated carbocycles. The first-order valence-corrected chi connectivity index (χ1v) is 6.55.